The van der Waals surface area contributed by atoms with Gasteiger partial charge in [-0.25, -0.2) is 4.98 Å². The van der Waals surface area contributed by atoms with Gasteiger partial charge in [0.2, 0.25) is 5.89 Å². The molecule has 0 unspecified atom stereocenters. The predicted molar refractivity (Wildman–Crippen MR) is 124 cm³/mol. The number of rotatable bonds is 15. The monoisotopic (exact) mass is 496 g/mol. The first-order chi connectivity index (χ1) is 16.4. The van der Waals surface area contributed by atoms with E-state index in [-0.39, 0.29) is 40.9 Å². The molecule has 0 radical (unpaired) electrons. The molecule has 1 heterocycles. The third kappa shape index (κ3) is 8.40. The summed E-state index contributed by atoms with van der Waals surface area (Å²) in [6.45, 7) is 6.59. The van der Waals surface area contributed by atoms with Crippen molar-refractivity contribution in [2.45, 2.75) is 33.2 Å². The van der Waals surface area contributed by atoms with Gasteiger partial charge in [-0.1, -0.05) is 11.6 Å². The van der Waals surface area contributed by atoms with Crippen molar-refractivity contribution in [3.63, 3.8) is 0 Å². The van der Waals surface area contributed by atoms with Crippen molar-refractivity contribution in [1.29, 1.82) is 0 Å². The summed E-state index contributed by atoms with van der Waals surface area (Å²) in [6, 6.07) is 3.87. The largest absolute Gasteiger partial charge is 0.446 e. The minimum absolute atomic E-state index is 0.0288. The van der Waals surface area contributed by atoms with Crippen molar-refractivity contribution in [3.8, 4) is 0 Å². The molecule has 1 N–H and O–H groups in total. The Balaban J connectivity index is 2.10. The lowest BCUT2D eigenvalue weighted by molar-refractivity contribution is -0.384. The molecule has 1 aromatic heterocycles. The summed E-state index contributed by atoms with van der Waals surface area (Å²) in [5, 5.41) is 13.9. The van der Waals surface area contributed by atoms with Crippen LogP contribution in [0.5, 0.6) is 0 Å². The Morgan fingerprint density at radius 1 is 1.21 bits per heavy atom. The van der Waals surface area contributed by atoms with Crippen molar-refractivity contribution >= 4 is 29.1 Å². The van der Waals surface area contributed by atoms with Crippen LogP contribution in [0.1, 0.15) is 53.4 Å². The molecule has 0 aliphatic carbocycles. The third-order valence-electron chi connectivity index (χ3n) is 4.66. The van der Waals surface area contributed by atoms with Crippen LogP contribution in [-0.4, -0.2) is 66.1 Å². The van der Waals surface area contributed by atoms with Crippen LogP contribution in [0, 0.1) is 10.1 Å². The van der Waals surface area contributed by atoms with Crippen LogP contribution in [0.4, 0.5) is 5.69 Å². The number of amides is 2. The second kappa shape index (κ2) is 14.3. The van der Waals surface area contributed by atoms with Crippen molar-refractivity contribution in [1.82, 2.24) is 15.2 Å². The van der Waals surface area contributed by atoms with Crippen LogP contribution in [0.2, 0.25) is 5.02 Å². The van der Waals surface area contributed by atoms with Gasteiger partial charge in [-0.2, -0.15) is 0 Å². The smallest absolute Gasteiger partial charge is 0.288 e. The van der Waals surface area contributed by atoms with E-state index in [0.29, 0.717) is 45.8 Å². The Labute approximate surface area is 202 Å². The fraction of sp³-hybridized carbons (Fsp3) is 0.500. The number of hydrogen-bond donors (Lipinski definition) is 1. The topological polar surface area (TPSA) is 137 Å². The Kier molecular flexibility index (Phi) is 11.4. The first-order valence-electron chi connectivity index (χ1n) is 11.0. The van der Waals surface area contributed by atoms with Crippen molar-refractivity contribution in [2.24, 2.45) is 0 Å². The summed E-state index contributed by atoms with van der Waals surface area (Å²) in [5.41, 5.74) is -0.164. The first kappa shape index (κ1) is 27.2. The van der Waals surface area contributed by atoms with E-state index in [2.05, 4.69) is 10.3 Å². The highest BCUT2D eigenvalue weighted by Gasteiger charge is 2.23. The zero-order chi connectivity index (χ0) is 24.9. The van der Waals surface area contributed by atoms with Crippen LogP contribution in [0.25, 0.3) is 0 Å². The third-order valence-corrected chi connectivity index (χ3v) is 4.98. The molecule has 0 saturated carbocycles. The minimum Gasteiger partial charge on any atom is -0.446 e. The Morgan fingerprint density at radius 3 is 2.59 bits per heavy atom. The van der Waals surface area contributed by atoms with Crippen molar-refractivity contribution in [3.05, 3.63) is 56.7 Å². The number of benzene rings is 1. The van der Waals surface area contributed by atoms with E-state index in [4.69, 9.17) is 25.5 Å². The van der Waals surface area contributed by atoms with E-state index in [0.717, 1.165) is 6.07 Å². The van der Waals surface area contributed by atoms with Crippen LogP contribution in [0.15, 0.2) is 28.9 Å². The van der Waals surface area contributed by atoms with Gasteiger partial charge < -0.3 is 24.1 Å². The van der Waals surface area contributed by atoms with Gasteiger partial charge in [0.05, 0.1) is 11.5 Å². The maximum atomic E-state index is 13.1. The highest BCUT2D eigenvalue weighted by Crippen LogP contribution is 2.26. The number of hydrogen-bond acceptors (Lipinski definition) is 8. The molecule has 2 aromatic rings. The SMILES string of the molecule is CCOCCCNC(=O)c1coc(CN(CCCOCC)C(=O)c2ccc(Cl)c([N+](=O)[O-])c2)n1. The number of halogens is 1. The lowest BCUT2D eigenvalue weighted by atomic mass is 10.1. The predicted octanol–water partition coefficient (Wildman–Crippen LogP) is 3.46. The van der Waals surface area contributed by atoms with Crippen LogP contribution in [0.3, 0.4) is 0 Å². The van der Waals surface area contributed by atoms with Gasteiger partial charge in [0.1, 0.15) is 11.3 Å². The first-order valence-corrected chi connectivity index (χ1v) is 11.4. The lowest BCUT2D eigenvalue weighted by Gasteiger charge is -2.21. The number of ether oxygens (including phenoxy) is 2. The number of nitro benzene ring substituents is 1. The zero-order valence-corrected chi connectivity index (χ0v) is 20.0. The molecule has 0 bridgehead atoms. The quantitative estimate of drug-likeness (QED) is 0.225. The van der Waals surface area contributed by atoms with Crippen LogP contribution in [-0.2, 0) is 16.0 Å². The molecule has 34 heavy (non-hydrogen) atoms. The molecular formula is C22H29ClN4O7. The second-order valence-corrected chi connectivity index (χ2v) is 7.54. The average molecular weight is 497 g/mol. The Hall–Kier alpha value is -3.02. The van der Waals surface area contributed by atoms with E-state index >= 15 is 0 Å². The number of oxazole rings is 1. The van der Waals surface area contributed by atoms with Gasteiger partial charge in [-0.05, 0) is 38.8 Å². The molecular weight excluding hydrogens is 468 g/mol. The number of carbonyl (C=O) groups excluding carboxylic acids is 2. The summed E-state index contributed by atoms with van der Waals surface area (Å²) in [5.74, 6) is -0.696. The molecule has 0 atom stereocenters. The van der Waals surface area contributed by atoms with E-state index in [1.807, 2.05) is 13.8 Å². The van der Waals surface area contributed by atoms with Crippen LogP contribution >= 0.6 is 11.6 Å². The molecule has 11 nitrogen and oxygen atoms in total. The number of carbonyl (C=O) groups is 2. The molecule has 186 valence electrons. The maximum Gasteiger partial charge on any atom is 0.288 e. The van der Waals surface area contributed by atoms with Gasteiger partial charge in [-0.3, -0.25) is 19.7 Å². The molecule has 0 aliphatic heterocycles. The van der Waals surface area contributed by atoms with Crippen LogP contribution < -0.4 is 5.32 Å². The molecule has 2 rings (SSSR count). The highest BCUT2D eigenvalue weighted by molar-refractivity contribution is 6.32. The summed E-state index contributed by atoms with van der Waals surface area (Å²) in [7, 11) is 0. The zero-order valence-electron chi connectivity index (χ0n) is 19.3. The van der Waals surface area contributed by atoms with Gasteiger partial charge in [0, 0.05) is 51.1 Å². The highest BCUT2D eigenvalue weighted by atomic mass is 35.5. The summed E-state index contributed by atoms with van der Waals surface area (Å²) in [4.78, 5) is 41.6. The van der Waals surface area contributed by atoms with Gasteiger partial charge in [0.15, 0.2) is 5.69 Å². The number of nitrogens with zero attached hydrogens (tertiary/aromatic N) is 3. The Bertz CT molecular complexity index is 966. The summed E-state index contributed by atoms with van der Waals surface area (Å²) < 4.78 is 16.0. The molecule has 0 saturated heterocycles. The molecule has 0 spiro atoms. The normalized spacial score (nSPS) is 10.8. The van der Waals surface area contributed by atoms with E-state index < -0.39 is 16.7 Å². The minimum atomic E-state index is -0.647. The number of aromatic nitrogens is 1. The molecule has 0 aliphatic rings. The Morgan fingerprint density at radius 2 is 1.91 bits per heavy atom. The average Bonchev–Trinajstić information content (AvgIpc) is 3.29. The number of nitro groups is 1. The summed E-state index contributed by atoms with van der Waals surface area (Å²) in [6.07, 6.45) is 2.42. The summed E-state index contributed by atoms with van der Waals surface area (Å²) >= 11 is 5.86. The van der Waals surface area contributed by atoms with Crippen molar-refractivity contribution in [2.75, 3.05) is 39.5 Å². The maximum absolute atomic E-state index is 13.1. The van der Waals surface area contributed by atoms with Gasteiger partial charge >= 0.3 is 0 Å². The van der Waals surface area contributed by atoms with Gasteiger partial charge in [0.25, 0.3) is 17.5 Å². The van der Waals surface area contributed by atoms with E-state index in [1.165, 1.54) is 23.3 Å². The molecule has 12 heteroatoms. The molecule has 0 fully saturated rings. The fourth-order valence-electron chi connectivity index (χ4n) is 2.98. The van der Waals surface area contributed by atoms with Crippen molar-refractivity contribution < 1.29 is 28.4 Å². The van der Waals surface area contributed by atoms with Gasteiger partial charge in [-0.15, -0.1) is 0 Å². The lowest BCUT2D eigenvalue weighted by Crippen LogP contribution is -2.32. The molecule has 2 amide bonds. The van der Waals surface area contributed by atoms with E-state index in [9.17, 15) is 19.7 Å². The standard InChI is InChI=1S/C22H29ClN4O7/c1-3-32-11-5-9-24-21(28)18-15-34-20(25-18)14-26(10-6-12-33-4-2)22(29)16-7-8-17(23)19(13-16)27(30)31/h7-8,13,15H,3-6,9-12,14H2,1-2H3,(H,24,28). The fourth-order valence-corrected chi connectivity index (χ4v) is 3.17. The van der Waals surface area contributed by atoms with E-state index in [1.54, 1.807) is 0 Å². The molecule has 1 aromatic carbocycles. The second-order valence-electron chi connectivity index (χ2n) is 7.13. The number of nitrogens with one attached hydrogen (secondary N) is 1.